The number of hydrogen-bond donors (Lipinski definition) is 3. The van der Waals surface area contributed by atoms with Gasteiger partial charge in [0, 0.05) is 22.5 Å². The highest BCUT2D eigenvalue weighted by molar-refractivity contribution is 7.09. The number of thiophene rings is 1. The van der Waals surface area contributed by atoms with Crippen LogP contribution in [0.1, 0.15) is 23.3 Å². The Kier molecular flexibility index (Phi) is 5.34. The maximum atomic E-state index is 11.9. The van der Waals surface area contributed by atoms with E-state index >= 15 is 0 Å². The second-order valence-corrected chi connectivity index (χ2v) is 5.58. The van der Waals surface area contributed by atoms with Gasteiger partial charge in [0.25, 0.3) is 0 Å². The molecule has 2 aromatic rings. The van der Waals surface area contributed by atoms with Crippen LogP contribution in [0.15, 0.2) is 46.9 Å². The normalized spacial score (nSPS) is 11.3. The summed E-state index contributed by atoms with van der Waals surface area (Å²) in [4.78, 5) is 13.2. The summed E-state index contributed by atoms with van der Waals surface area (Å²) in [5.74, 6) is -0.0213. The molecule has 5 nitrogen and oxygen atoms in total. The van der Waals surface area contributed by atoms with E-state index in [0.717, 1.165) is 12.8 Å². The first-order valence-corrected chi connectivity index (χ1v) is 7.47. The van der Waals surface area contributed by atoms with Crippen LogP contribution in [0, 0.1) is 0 Å². The van der Waals surface area contributed by atoms with E-state index in [2.05, 4.69) is 16.5 Å². The molecule has 1 aromatic heterocycles. The molecule has 6 heteroatoms. The summed E-state index contributed by atoms with van der Waals surface area (Å²) >= 11 is 1.70. The van der Waals surface area contributed by atoms with Crippen molar-refractivity contribution < 1.29 is 10.0 Å². The monoisotopic (exact) mass is 303 g/mol. The van der Waals surface area contributed by atoms with Crippen LogP contribution in [-0.2, 0) is 11.2 Å². The molecular formula is C15H17N3O2S. The minimum Gasteiger partial charge on any atom is -0.409 e. The third-order valence-corrected chi connectivity index (χ3v) is 3.89. The fourth-order valence-corrected chi connectivity index (χ4v) is 2.67. The summed E-state index contributed by atoms with van der Waals surface area (Å²) in [6.45, 7) is 0. The molecule has 21 heavy (non-hydrogen) atoms. The van der Waals surface area contributed by atoms with Crippen molar-refractivity contribution in [3.8, 4) is 0 Å². The number of hydrogen-bond acceptors (Lipinski definition) is 4. The minimum absolute atomic E-state index is 0.0174. The highest BCUT2D eigenvalue weighted by atomic mass is 32.1. The third-order valence-electron chi connectivity index (χ3n) is 2.96. The Morgan fingerprint density at radius 3 is 2.90 bits per heavy atom. The quantitative estimate of drug-likeness (QED) is 0.332. The van der Waals surface area contributed by atoms with Crippen LogP contribution in [0.4, 0.5) is 5.69 Å². The van der Waals surface area contributed by atoms with Crippen molar-refractivity contribution in [2.45, 2.75) is 19.3 Å². The van der Waals surface area contributed by atoms with Crippen LogP contribution >= 0.6 is 11.3 Å². The van der Waals surface area contributed by atoms with E-state index in [1.165, 1.54) is 4.88 Å². The lowest BCUT2D eigenvalue weighted by Gasteiger charge is -2.06. The fraction of sp³-hybridized carbons (Fsp3) is 0.200. The molecule has 0 saturated carbocycles. The van der Waals surface area contributed by atoms with E-state index in [4.69, 9.17) is 10.9 Å². The van der Waals surface area contributed by atoms with E-state index in [1.54, 1.807) is 35.6 Å². The Morgan fingerprint density at radius 2 is 2.19 bits per heavy atom. The molecule has 0 aliphatic rings. The topological polar surface area (TPSA) is 87.7 Å². The smallest absolute Gasteiger partial charge is 0.224 e. The first kappa shape index (κ1) is 15.1. The molecule has 0 spiro atoms. The lowest BCUT2D eigenvalue weighted by Crippen LogP contribution is -2.15. The second kappa shape index (κ2) is 7.44. The molecule has 1 aromatic carbocycles. The number of aryl methyl sites for hydroxylation is 1. The van der Waals surface area contributed by atoms with Crippen LogP contribution in [0.2, 0.25) is 0 Å². The van der Waals surface area contributed by atoms with Gasteiger partial charge in [-0.25, -0.2) is 0 Å². The molecule has 0 unspecified atom stereocenters. The summed E-state index contributed by atoms with van der Waals surface area (Å²) in [5.41, 5.74) is 6.72. The summed E-state index contributed by atoms with van der Waals surface area (Å²) in [6, 6.07) is 11.0. The Balaban J connectivity index is 1.85. The van der Waals surface area contributed by atoms with Gasteiger partial charge in [-0.2, -0.15) is 0 Å². The molecule has 0 aliphatic carbocycles. The molecular weight excluding hydrogens is 286 g/mol. The summed E-state index contributed by atoms with van der Waals surface area (Å²) in [5, 5.41) is 16.4. The maximum Gasteiger partial charge on any atom is 0.224 e. The van der Waals surface area contributed by atoms with Crippen molar-refractivity contribution in [2.24, 2.45) is 10.9 Å². The molecule has 4 N–H and O–H groups in total. The fourth-order valence-electron chi connectivity index (χ4n) is 1.92. The SMILES string of the molecule is N/C(=N/O)c1cccc(NC(=O)CCCc2cccs2)c1. The van der Waals surface area contributed by atoms with Gasteiger partial charge < -0.3 is 16.3 Å². The molecule has 0 aliphatic heterocycles. The number of oxime groups is 1. The molecule has 2 rings (SSSR count). The van der Waals surface area contributed by atoms with Crippen LogP contribution in [0.3, 0.4) is 0 Å². The van der Waals surface area contributed by atoms with Crippen molar-refractivity contribution in [1.82, 2.24) is 0 Å². The van der Waals surface area contributed by atoms with Gasteiger partial charge in [-0.1, -0.05) is 23.4 Å². The number of carbonyl (C=O) groups is 1. The van der Waals surface area contributed by atoms with Gasteiger partial charge >= 0.3 is 0 Å². The number of rotatable bonds is 6. The number of amides is 1. The van der Waals surface area contributed by atoms with E-state index in [0.29, 0.717) is 17.7 Å². The summed E-state index contributed by atoms with van der Waals surface area (Å²) in [7, 11) is 0. The van der Waals surface area contributed by atoms with E-state index in [1.807, 2.05) is 11.4 Å². The van der Waals surface area contributed by atoms with E-state index in [-0.39, 0.29) is 11.7 Å². The van der Waals surface area contributed by atoms with Crippen molar-refractivity contribution >= 4 is 28.8 Å². The zero-order chi connectivity index (χ0) is 15.1. The lowest BCUT2D eigenvalue weighted by atomic mass is 10.1. The Labute approximate surface area is 127 Å². The van der Waals surface area contributed by atoms with Crippen molar-refractivity contribution in [3.63, 3.8) is 0 Å². The first-order valence-electron chi connectivity index (χ1n) is 6.59. The van der Waals surface area contributed by atoms with Crippen molar-refractivity contribution in [3.05, 3.63) is 52.2 Å². The lowest BCUT2D eigenvalue weighted by molar-refractivity contribution is -0.116. The molecule has 0 saturated heterocycles. The standard InChI is InChI=1S/C15H17N3O2S/c16-15(18-20)11-4-1-5-12(10-11)17-14(19)8-2-6-13-7-3-9-21-13/h1,3-5,7,9-10,20H,2,6,8H2,(H2,16,18)(H,17,19). The molecule has 0 radical (unpaired) electrons. The number of nitrogens with one attached hydrogen (secondary N) is 1. The third kappa shape index (κ3) is 4.61. The second-order valence-electron chi connectivity index (χ2n) is 4.55. The molecule has 0 atom stereocenters. The molecule has 1 amide bonds. The molecule has 1 heterocycles. The van der Waals surface area contributed by atoms with Crippen LogP contribution in [0.5, 0.6) is 0 Å². The zero-order valence-electron chi connectivity index (χ0n) is 11.5. The molecule has 110 valence electrons. The number of nitrogens with two attached hydrogens (primary N) is 1. The molecule has 0 bridgehead atoms. The zero-order valence-corrected chi connectivity index (χ0v) is 12.3. The van der Waals surface area contributed by atoms with Crippen LogP contribution in [0.25, 0.3) is 0 Å². The number of nitrogens with zero attached hydrogens (tertiary/aromatic N) is 1. The van der Waals surface area contributed by atoms with Crippen molar-refractivity contribution in [1.29, 1.82) is 0 Å². The van der Waals surface area contributed by atoms with Gasteiger partial charge in [0.05, 0.1) is 0 Å². The van der Waals surface area contributed by atoms with Crippen LogP contribution in [-0.4, -0.2) is 17.0 Å². The minimum atomic E-state index is -0.0387. The Bertz CT molecular complexity index is 624. The van der Waals surface area contributed by atoms with Gasteiger partial charge in [-0.15, -0.1) is 11.3 Å². The number of benzene rings is 1. The number of anilines is 1. The highest BCUT2D eigenvalue weighted by Crippen LogP contribution is 2.14. The van der Waals surface area contributed by atoms with Gasteiger partial charge in [-0.3, -0.25) is 4.79 Å². The van der Waals surface area contributed by atoms with Gasteiger partial charge in [0.15, 0.2) is 5.84 Å². The summed E-state index contributed by atoms with van der Waals surface area (Å²) in [6.07, 6.45) is 2.19. The maximum absolute atomic E-state index is 11.9. The molecule has 0 fully saturated rings. The van der Waals surface area contributed by atoms with E-state index in [9.17, 15) is 4.79 Å². The largest absolute Gasteiger partial charge is 0.409 e. The average Bonchev–Trinajstić information content (AvgIpc) is 3.00. The number of carbonyl (C=O) groups excluding carboxylic acids is 1. The van der Waals surface area contributed by atoms with Crippen molar-refractivity contribution in [2.75, 3.05) is 5.32 Å². The van der Waals surface area contributed by atoms with Crippen LogP contribution < -0.4 is 11.1 Å². The van der Waals surface area contributed by atoms with Gasteiger partial charge in [-0.05, 0) is 36.4 Å². The summed E-state index contributed by atoms with van der Waals surface area (Å²) < 4.78 is 0. The van der Waals surface area contributed by atoms with Gasteiger partial charge in [0.2, 0.25) is 5.91 Å². The Morgan fingerprint density at radius 1 is 1.33 bits per heavy atom. The predicted molar refractivity (Wildman–Crippen MR) is 84.8 cm³/mol. The average molecular weight is 303 g/mol. The van der Waals surface area contributed by atoms with Gasteiger partial charge in [0.1, 0.15) is 0 Å². The van der Waals surface area contributed by atoms with E-state index < -0.39 is 0 Å². The highest BCUT2D eigenvalue weighted by Gasteiger charge is 2.05. The predicted octanol–water partition coefficient (Wildman–Crippen LogP) is 2.80. The number of amidine groups is 1. The Hall–Kier alpha value is -2.34. The first-order chi connectivity index (χ1) is 10.2.